The molecule has 5 rings (SSSR count). The van der Waals surface area contributed by atoms with E-state index in [0.717, 1.165) is 12.8 Å². The van der Waals surface area contributed by atoms with E-state index in [1.54, 1.807) is 29.2 Å². The Hall–Kier alpha value is -2.65. The molecule has 192 valence electrons. The van der Waals surface area contributed by atoms with Crippen molar-refractivity contribution < 1.29 is 24.2 Å². The van der Waals surface area contributed by atoms with Crippen LogP contribution in [-0.2, 0) is 27.1 Å². The highest BCUT2D eigenvalue weighted by Crippen LogP contribution is 2.29. The zero-order chi connectivity index (χ0) is 25.1. The number of β-amino-alcohol motifs (C(OH)–C–C–N with tert-alkyl or cyclic N) is 1. The Bertz CT molecular complexity index is 1060. The summed E-state index contributed by atoms with van der Waals surface area (Å²) in [5.74, 6) is -0.0178. The molecule has 2 aromatic rings. The van der Waals surface area contributed by atoms with Gasteiger partial charge in [-0.15, -0.1) is 0 Å². The molecule has 0 spiro atoms. The van der Waals surface area contributed by atoms with Crippen LogP contribution in [0.25, 0.3) is 0 Å². The number of nitrogens with zero attached hydrogens (tertiary/aromatic N) is 1. The lowest BCUT2D eigenvalue weighted by Gasteiger charge is -2.44. The average Bonchev–Trinajstić information content (AvgIpc) is 3.25. The zero-order valence-corrected chi connectivity index (χ0v) is 20.8. The minimum atomic E-state index is -0.791. The van der Waals surface area contributed by atoms with Gasteiger partial charge in [0.2, 0.25) is 5.91 Å². The van der Waals surface area contributed by atoms with Gasteiger partial charge in [0.15, 0.2) is 0 Å². The first kappa shape index (κ1) is 25.0. The van der Waals surface area contributed by atoms with Gasteiger partial charge in [0.05, 0.1) is 44.4 Å². The Balaban J connectivity index is 1.18. The summed E-state index contributed by atoms with van der Waals surface area (Å²) in [5.41, 5.74) is 3.21. The fourth-order valence-electron chi connectivity index (χ4n) is 5.46. The molecule has 4 atom stereocenters. The Kier molecular flexibility index (Phi) is 7.76. The summed E-state index contributed by atoms with van der Waals surface area (Å²) < 4.78 is 12.0. The highest BCUT2D eigenvalue weighted by Gasteiger charge is 2.40. The lowest BCUT2D eigenvalue weighted by atomic mass is 9.95. The van der Waals surface area contributed by atoms with Gasteiger partial charge in [-0.2, -0.15) is 0 Å². The van der Waals surface area contributed by atoms with Crippen LogP contribution in [0.4, 0.5) is 10.5 Å². The van der Waals surface area contributed by atoms with Gasteiger partial charge < -0.3 is 30.1 Å². The number of aliphatic hydroxyl groups excluding tert-OH is 1. The summed E-state index contributed by atoms with van der Waals surface area (Å²) in [6, 6.07) is 14.7. The number of rotatable bonds is 4. The molecule has 2 fully saturated rings. The maximum Gasteiger partial charge on any atom is 0.322 e. The molecule has 0 radical (unpaired) electrons. The molecule has 2 saturated heterocycles. The summed E-state index contributed by atoms with van der Waals surface area (Å²) in [7, 11) is 0. The van der Waals surface area contributed by atoms with Crippen LogP contribution in [0.1, 0.15) is 30.4 Å². The number of amides is 3. The molecular formula is C27H32ClN3O5. The van der Waals surface area contributed by atoms with E-state index < -0.39 is 6.10 Å². The van der Waals surface area contributed by atoms with Gasteiger partial charge in [-0.3, -0.25) is 4.79 Å². The molecule has 9 heteroatoms. The van der Waals surface area contributed by atoms with Gasteiger partial charge >= 0.3 is 6.03 Å². The smallest absolute Gasteiger partial charge is 0.322 e. The highest BCUT2D eigenvalue weighted by atomic mass is 35.5. The van der Waals surface area contributed by atoms with Crippen LogP contribution in [0.5, 0.6) is 0 Å². The third-order valence-corrected chi connectivity index (χ3v) is 7.42. The van der Waals surface area contributed by atoms with Crippen LogP contribution in [0.15, 0.2) is 48.5 Å². The Morgan fingerprint density at radius 3 is 2.47 bits per heavy atom. The predicted molar refractivity (Wildman–Crippen MR) is 136 cm³/mol. The van der Waals surface area contributed by atoms with E-state index in [2.05, 4.69) is 22.8 Å². The van der Waals surface area contributed by atoms with Crippen molar-refractivity contribution in [3.63, 3.8) is 0 Å². The van der Waals surface area contributed by atoms with Crippen molar-refractivity contribution in [2.75, 3.05) is 25.1 Å². The number of fused-ring (bicyclic) bond motifs is 2. The lowest BCUT2D eigenvalue weighted by Crippen LogP contribution is -2.58. The second kappa shape index (κ2) is 11.2. The summed E-state index contributed by atoms with van der Waals surface area (Å²) in [5, 5.41) is 17.0. The van der Waals surface area contributed by atoms with Crippen LogP contribution in [0, 0.1) is 0 Å². The number of anilines is 1. The average molecular weight is 514 g/mol. The van der Waals surface area contributed by atoms with Crippen LogP contribution < -0.4 is 10.6 Å². The molecule has 8 nitrogen and oxygen atoms in total. The number of halogens is 1. The highest BCUT2D eigenvalue weighted by molar-refractivity contribution is 6.30. The third kappa shape index (κ3) is 6.00. The molecule has 3 aliphatic rings. The van der Waals surface area contributed by atoms with Crippen LogP contribution in [0.2, 0.25) is 5.02 Å². The molecule has 0 unspecified atom stereocenters. The fourth-order valence-corrected chi connectivity index (χ4v) is 5.58. The minimum Gasteiger partial charge on any atom is -0.389 e. The maximum absolute atomic E-state index is 13.2. The molecule has 0 aromatic heterocycles. The standard InChI is InChI=1S/C27H32ClN3O5/c28-19-5-7-20(8-6-19)30-27(34)31-14-22(32)15-35-16-25-24(31)10-9-23(36-25)13-26(33)29-21-11-17-3-1-2-4-18(17)12-21/h1-8,21-25,32H,9-16H2,(H,29,33)(H,30,34)/t22-,23-,24-,25+/m1/s1. The van der Waals surface area contributed by atoms with Gasteiger partial charge in [0, 0.05) is 16.8 Å². The van der Waals surface area contributed by atoms with Gasteiger partial charge in [-0.25, -0.2) is 4.79 Å². The first-order valence-corrected chi connectivity index (χ1v) is 12.9. The molecule has 36 heavy (non-hydrogen) atoms. The van der Waals surface area contributed by atoms with E-state index in [1.165, 1.54) is 11.1 Å². The van der Waals surface area contributed by atoms with Gasteiger partial charge in [-0.1, -0.05) is 35.9 Å². The molecule has 0 saturated carbocycles. The number of carbonyl (C=O) groups excluding carboxylic acids is 2. The molecule has 2 heterocycles. The van der Waals surface area contributed by atoms with Crippen LogP contribution in [0.3, 0.4) is 0 Å². The fraction of sp³-hybridized carbons (Fsp3) is 0.481. The number of benzene rings is 2. The molecule has 1 aliphatic carbocycles. The van der Waals surface area contributed by atoms with Gasteiger partial charge in [0.1, 0.15) is 6.10 Å². The number of urea groups is 1. The molecule has 0 bridgehead atoms. The first-order valence-electron chi connectivity index (χ1n) is 12.5. The third-order valence-electron chi connectivity index (χ3n) is 7.17. The lowest BCUT2D eigenvalue weighted by molar-refractivity contribution is -0.150. The van der Waals surface area contributed by atoms with Crippen molar-refractivity contribution in [1.29, 1.82) is 0 Å². The van der Waals surface area contributed by atoms with Crippen molar-refractivity contribution >= 4 is 29.2 Å². The number of ether oxygens (including phenoxy) is 2. The predicted octanol–water partition coefficient (Wildman–Crippen LogP) is 3.15. The van der Waals surface area contributed by atoms with E-state index in [4.69, 9.17) is 21.1 Å². The van der Waals surface area contributed by atoms with Crippen molar-refractivity contribution in [2.24, 2.45) is 0 Å². The summed E-state index contributed by atoms with van der Waals surface area (Å²) in [6.45, 7) is 0.505. The quantitative estimate of drug-likeness (QED) is 0.583. The summed E-state index contributed by atoms with van der Waals surface area (Å²) in [4.78, 5) is 27.6. The van der Waals surface area contributed by atoms with Crippen molar-refractivity contribution in [2.45, 2.75) is 62.5 Å². The Labute approximate surface area is 215 Å². The number of nitrogens with one attached hydrogen (secondary N) is 2. The molecule has 2 aliphatic heterocycles. The summed E-state index contributed by atoms with van der Waals surface area (Å²) in [6.07, 6.45) is 1.86. The molecular weight excluding hydrogens is 482 g/mol. The van der Waals surface area contributed by atoms with E-state index >= 15 is 0 Å². The molecule has 2 aromatic carbocycles. The van der Waals surface area contributed by atoms with Crippen molar-refractivity contribution in [3.8, 4) is 0 Å². The van der Waals surface area contributed by atoms with E-state index in [-0.39, 0.29) is 62.4 Å². The monoisotopic (exact) mass is 513 g/mol. The second-order valence-electron chi connectivity index (χ2n) is 9.87. The van der Waals surface area contributed by atoms with E-state index in [1.807, 2.05) is 12.1 Å². The van der Waals surface area contributed by atoms with E-state index in [0.29, 0.717) is 23.6 Å². The number of hydrogen-bond acceptors (Lipinski definition) is 5. The topological polar surface area (TPSA) is 100 Å². The largest absolute Gasteiger partial charge is 0.389 e. The van der Waals surface area contributed by atoms with Gasteiger partial charge in [0.25, 0.3) is 0 Å². The summed E-state index contributed by atoms with van der Waals surface area (Å²) >= 11 is 5.95. The molecule has 3 amide bonds. The SMILES string of the molecule is O=C(C[C@H]1CC[C@@H]2[C@H](COC[C@H](O)CN2C(=O)Nc2ccc(Cl)cc2)O1)NC1Cc2ccccc2C1. The first-order chi connectivity index (χ1) is 17.4. The minimum absolute atomic E-state index is 0.0178. The van der Waals surface area contributed by atoms with Gasteiger partial charge in [-0.05, 0) is 61.1 Å². The van der Waals surface area contributed by atoms with E-state index in [9.17, 15) is 14.7 Å². The molecule has 3 N–H and O–H groups in total. The normalized spacial score (nSPS) is 26.3. The number of hydrogen-bond donors (Lipinski definition) is 3. The van der Waals surface area contributed by atoms with Crippen LogP contribution >= 0.6 is 11.6 Å². The maximum atomic E-state index is 13.2. The van der Waals surface area contributed by atoms with Crippen molar-refractivity contribution in [1.82, 2.24) is 10.2 Å². The Morgan fingerprint density at radius 1 is 1.03 bits per heavy atom. The zero-order valence-electron chi connectivity index (χ0n) is 20.1. The second-order valence-corrected chi connectivity index (χ2v) is 10.3. The Morgan fingerprint density at radius 2 is 1.75 bits per heavy atom. The number of aliphatic hydroxyl groups is 1. The number of carbonyl (C=O) groups is 2. The van der Waals surface area contributed by atoms with Crippen LogP contribution in [-0.4, -0.2) is 72.1 Å². The van der Waals surface area contributed by atoms with Crippen molar-refractivity contribution in [3.05, 3.63) is 64.7 Å².